The number of fused-ring (bicyclic) bond motifs is 1. The molecule has 1 aliphatic rings. The van der Waals surface area contributed by atoms with Crippen LogP contribution in [0.3, 0.4) is 0 Å². The molecule has 5 aromatic rings. The predicted octanol–water partition coefficient (Wildman–Crippen LogP) is 10.9. The van der Waals surface area contributed by atoms with E-state index in [1.54, 1.807) is 26.5 Å². The second kappa shape index (κ2) is 15.1. The van der Waals surface area contributed by atoms with Crippen LogP contribution in [0.4, 0.5) is 0 Å². The normalized spacial score (nSPS) is 18.2. The maximum atomic E-state index is 12.2. The molecular formula is C44H56N4O5Si2. The van der Waals surface area contributed by atoms with E-state index in [9.17, 15) is 9.59 Å². The number of nitrogens with zero attached hydrogens (tertiary/aromatic N) is 4. The van der Waals surface area contributed by atoms with Crippen LogP contribution in [-0.2, 0) is 13.6 Å². The maximum Gasteiger partial charge on any atom is 0.192 e. The molecule has 9 nitrogen and oxygen atoms in total. The van der Waals surface area contributed by atoms with Gasteiger partial charge in [0.2, 0.25) is 0 Å². The highest BCUT2D eigenvalue weighted by Crippen LogP contribution is 2.45. The van der Waals surface area contributed by atoms with Gasteiger partial charge in [-0.3, -0.25) is 14.2 Å². The molecule has 2 aromatic heterocycles. The van der Waals surface area contributed by atoms with Crippen LogP contribution in [0, 0.1) is 0 Å². The summed E-state index contributed by atoms with van der Waals surface area (Å²) >= 11 is 0. The Labute approximate surface area is 328 Å². The van der Waals surface area contributed by atoms with Gasteiger partial charge in [-0.1, -0.05) is 108 Å². The topological polar surface area (TPSA) is 105 Å². The third kappa shape index (κ3) is 8.22. The summed E-state index contributed by atoms with van der Waals surface area (Å²) in [4.78, 5) is 39.0. The van der Waals surface area contributed by atoms with Crippen molar-refractivity contribution in [1.82, 2.24) is 19.5 Å². The van der Waals surface area contributed by atoms with Gasteiger partial charge in [-0.25, -0.2) is 15.0 Å². The fourth-order valence-corrected chi connectivity index (χ4v) is 8.88. The highest BCUT2D eigenvalue weighted by Gasteiger charge is 2.47. The first-order chi connectivity index (χ1) is 25.7. The van der Waals surface area contributed by atoms with E-state index >= 15 is 0 Å². The smallest absolute Gasteiger partial charge is 0.192 e. The number of hydrogen-bond donors (Lipinski definition) is 0. The van der Waals surface area contributed by atoms with Crippen molar-refractivity contribution in [3.05, 3.63) is 90.5 Å². The second-order valence-electron chi connectivity index (χ2n) is 17.9. The Morgan fingerprint density at radius 2 is 1.29 bits per heavy atom. The molecule has 11 heteroatoms. The molecule has 0 aliphatic carbocycles. The van der Waals surface area contributed by atoms with Gasteiger partial charge in [-0.2, -0.15) is 0 Å². The van der Waals surface area contributed by atoms with E-state index in [0.717, 1.165) is 27.8 Å². The van der Waals surface area contributed by atoms with Crippen molar-refractivity contribution >= 4 is 39.4 Å². The van der Waals surface area contributed by atoms with Crippen LogP contribution in [0.1, 0.15) is 88.8 Å². The van der Waals surface area contributed by atoms with E-state index in [-0.39, 0.29) is 40.1 Å². The van der Waals surface area contributed by atoms with Crippen molar-refractivity contribution in [2.45, 2.75) is 117 Å². The zero-order valence-electron chi connectivity index (χ0n) is 34.5. The van der Waals surface area contributed by atoms with E-state index in [2.05, 4.69) is 79.9 Å². The number of ketones is 2. The molecule has 0 saturated carbocycles. The fourth-order valence-electron chi connectivity index (χ4n) is 6.51. The van der Waals surface area contributed by atoms with Gasteiger partial charge in [-0.05, 0) is 72.4 Å². The van der Waals surface area contributed by atoms with Crippen LogP contribution in [0.25, 0.3) is 44.7 Å². The Morgan fingerprint density at radius 1 is 0.764 bits per heavy atom. The molecule has 1 aliphatic heterocycles. The van der Waals surface area contributed by atoms with Gasteiger partial charge in [0.05, 0.1) is 19.0 Å². The average Bonchev–Trinajstić information content (AvgIpc) is 3.73. The molecule has 55 heavy (non-hydrogen) atoms. The van der Waals surface area contributed by atoms with E-state index in [4.69, 9.17) is 28.5 Å². The molecule has 0 N–H and O–H groups in total. The Kier molecular flexibility index (Phi) is 11.1. The highest BCUT2D eigenvalue weighted by atomic mass is 28.4. The number of Topliss-reactive ketones (excluding diaryl/α,β-unsaturated/α-hetero) is 2. The minimum Gasteiger partial charge on any atom is -0.414 e. The van der Waals surface area contributed by atoms with Crippen molar-refractivity contribution in [3.8, 4) is 33.5 Å². The summed E-state index contributed by atoms with van der Waals surface area (Å²) in [6.07, 6.45) is 3.25. The van der Waals surface area contributed by atoms with Crippen molar-refractivity contribution in [2.75, 3.05) is 6.61 Å². The van der Waals surface area contributed by atoms with E-state index in [1.165, 1.54) is 0 Å². The summed E-state index contributed by atoms with van der Waals surface area (Å²) in [6.45, 7) is 26.2. The molecule has 6 rings (SSSR count). The van der Waals surface area contributed by atoms with Crippen LogP contribution < -0.4 is 0 Å². The number of carbonyl (C=O) groups excluding carboxylic acids is 2. The summed E-state index contributed by atoms with van der Waals surface area (Å²) in [5.74, 6) is 0.0167. The summed E-state index contributed by atoms with van der Waals surface area (Å²) in [7, 11) is -4.21. The van der Waals surface area contributed by atoms with Gasteiger partial charge in [-0.15, -0.1) is 0 Å². The summed E-state index contributed by atoms with van der Waals surface area (Å²) in [6, 6.07) is 21.4. The van der Waals surface area contributed by atoms with Crippen LogP contribution in [0.15, 0.2) is 79.4 Å². The van der Waals surface area contributed by atoms with Gasteiger partial charge in [0.25, 0.3) is 0 Å². The lowest BCUT2D eigenvalue weighted by atomic mass is 9.89. The van der Waals surface area contributed by atoms with Crippen LogP contribution in [0.5, 0.6) is 0 Å². The number of benzene rings is 3. The van der Waals surface area contributed by atoms with Crippen LogP contribution in [0.2, 0.25) is 36.3 Å². The molecule has 1 fully saturated rings. The lowest BCUT2D eigenvalue weighted by Gasteiger charge is -2.40. The number of aromatic nitrogens is 4. The lowest BCUT2D eigenvalue weighted by molar-refractivity contribution is -0.0383. The SMILES string of the molecule is CC(=O)c1ccc(-c2cccc(-c3ccc(C(C)=O)cc3)c2-c2ncnc3c2ncn3[C@H]2C[C@H](O[Si](C)(C)C(C)(C)C)[C@@H](CO[Si](C)(C)C(C)(C)C)O2)cc1. The zero-order valence-corrected chi connectivity index (χ0v) is 36.5. The Morgan fingerprint density at radius 3 is 1.78 bits per heavy atom. The summed E-state index contributed by atoms with van der Waals surface area (Å²) < 4.78 is 22.7. The van der Waals surface area contributed by atoms with Crippen molar-refractivity contribution in [2.24, 2.45) is 0 Å². The average molecular weight is 777 g/mol. The highest BCUT2D eigenvalue weighted by molar-refractivity contribution is 6.74. The molecule has 290 valence electrons. The summed E-state index contributed by atoms with van der Waals surface area (Å²) in [5.41, 5.74) is 7.86. The standard InChI is InChI=1S/C44H56N4O5Si2/c1-28(49)30-16-20-32(21-17-30)34-14-13-15-35(33-22-18-31(19-23-33)29(2)50)39(34)40-41-42(46-26-45-40)48(27-47-41)38-24-36(53-55(11,12)44(6,7)8)37(52-38)25-51-54(9,10)43(3,4)5/h13-23,26-27,36-38H,24-25H2,1-12H3/t36-,37+,38+/m0/s1. The third-order valence-electron chi connectivity index (χ3n) is 12.0. The molecule has 0 radical (unpaired) electrons. The largest absolute Gasteiger partial charge is 0.414 e. The van der Waals surface area contributed by atoms with Gasteiger partial charge < -0.3 is 13.6 Å². The number of hydrogen-bond acceptors (Lipinski definition) is 8. The predicted molar refractivity (Wildman–Crippen MR) is 225 cm³/mol. The van der Waals surface area contributed by atoms with E-state index in [1.807, 2.05) is 59.2 Å². The van der Waals surface area contributed by atoms with Crippen molar-refractivity contribution < 1.29 is 23.2 Å². The molecule has 0 amide bonds. The lowest BCUT2D eigenvalue weighted by Crippen LogP contribution is -2.48. The van der Waals surface area contributed by atoms with Gasteiger partial charge in [0, 0.05) is 23.1 Å². The first-order valence-corrected chi connectivity index (χ1v) is 25.0. The van der Waals surface area contributed by atoms with Crippen molar-refractivity contribution in [3.63, 3.8) is 0 Å². The zero-order chi connectivity index (χ0) is 40.1. The fraction of sp³-hybridized carbons (Fsp3) is 0.432. The minimum absolute atomic E-state index is 0.00834. The molecule has 0 unspecified atom stereocenters. The molecule has 3 heterocycles. The number of rotatable bonds is 11. The Bertz CT molecular complexity index is 2120. The van der Waals surface area contributed by atoms with E-state index < -0.39 is 16.6 Å². The number of ether oxygens (including phenoxy) is 1. The quantitative estimate of drug-likeness (QED) is 0.0964. The maximum absolute atomic E-state index is 12.2. The molecule has 3 atom stereocenters. The third-order valence-corrected chi connectivity index (χ3v) is 21.0. The first-order valence-electron chi connectivity index (χ1n) is 19.2. The Hall–Kier alpha value is -4.14. The molecule has 1 saturated heterocycles. The molecule has 0 bridgehead atoms. The van der Waals surface area contributed by atoms with Crippen LogP contribution >= 0.6 is 0 Å². The summed E-state index contributed by atoms with van der Waals surface area (Å²) in [5, 5.41) is 0.0956. The van der Waals surface area contributed by atoms with E-state index in [0.29, 0.717) is 41.0 Å². The van der Waals surface area contributed by atoms with Gasteiger partial charge >= 0.3 is 0 Å². The monoisotopic (exact) mass is 776 g/mol. The minimum atomic E-state index is -2.15. The Balaban J connectivity index is 1.45. The van der Waals surface area contributed by atoms with Crippen molar-refractivity contribution in [1.29, 1.82) is 0 Å². The van der Waals surface area contributed by atoms with Crippen LogP contribution in [-0.4, -0.2) is 66.5 Å². The molecule has 0 spiro atoms. The first kappa shape index (κ1) is 40.5. The van der Waals surface area contributed by atoms with Gasteiger partial charge in [0.1, 0.15) is 29.9 Å². The number of carbonyl (C=O) groups is 2. The molecular weight excluding hydrogens is 721 g/mol. The molecule has 3 aromatic carbocycles. The van der Waals surface area contributed by atoms with Gasteiger partial charge in [0.15, 0.2) is 33.8 Å². The number of imidazole rings is 1. The second-order valence-corrected chi connectivity index (χ2v) is 27.5.